The third-order valence-corrected chi connectivity index (χ3v) is 4.84. The van der Waals surface area contributed by atoms with Crippen LogP contribution in [0.3, 0.4) is 0 Å². The quantitative estimate of drug-likeness (QED) is 0.319. The molecule has 0 unspecified atom stereocenters. The minimum atomic E-state index is -1.27. The molecule has 0 aliphatic heterocycles. The number of hydrogen-bond donors (Lipinski definition) is 2. The van der Waals surface area contributed by atoms with Crippen molar-refractivity contribution in [3.63, 3.8) is 0 Å². The van der Waals surface area contributed by atoms with Crippen LogP contribution in [0.25, 0.3) is 11.1 Å². The molecule has 0 atom stereocenters. The number of hydrogen-bond acceptors (Lipinski definition) is 4. The first-order valence-electron chi connectivity index (χ1n) is 8.70. The van der Waals surface area contributed by atoms with Crippen LogP contribution in [-0.4, -0.2) is 16.8 Å². The van der Waals surface area contributed by atoms with Gasteiger partial charge in [-0.15, -0.1) is 0 Å². The highest BCUT2D eigenvalue weighted by atomic mass is 32.1. The molecule has 6 heteroatoms. The number of nitrogens with two attached hydrogens (primary N) is 1. The minimum Gasteiger partial charge on any atom is -0.545 e. The van der Waals surface area contributed by atoms with E-state index in [1.807, 2.05) is 30.3 Å². The van der Waals surface area contributed by atoms with Gasteiger partial charge in [0.05, 0.1) is 11.7 Å². The second-order valence-corrected chi connectivity index (χ2v) is 6.92. The van der Waals surface area contributed by atoms with Crippen molar-refractivity contribution >= 4 is 29.0 Å². The summed E-state index contributed by atoms with van der Waals surface area (Å²) in [6.45, 7) is 0. The average Bonchev–Trinajstić information content (AvgIpc) is 3.06. The lowest BCUT2D eigenvalue weighted by molar-refractivity contribution is -0.255. The average molecular weight is 386 g/mol. The number of fused-ring (bicyclic) bond motifs is 3. The lowest BCUT2D eigenvalue weighted by Crippen LogP contribution is -2.28. The van der Waals surface area contributed by atoms with Gasteiger partial charge in [-0.1, -0.05) is 60.7 Å². The van der Waals surface area contributed by atoms with Gasteiger partial charge in [-0.2, -0.15) is 5.10 Å². The van der Waals surface area contributed by atoms with Gasteiger partial charge in [0, 0.05) is 16.7 Å². The summed E-state index contributed by atoms with van der Waals surface area (Å²) >= 11 is 4.86. The maximum atomic E-state index is 11.6. The molecule has 0 heterocycles. The fraction of sp³-hybridized carbons (Fsp3) is 0.0455. The van der Waals surface area contributed by atoms with Crippen molar-refractivity contribution < 1.29 is 9.90 Å². The van der Waals surface area contributed by atoms with E-state index in [0.29, 0.717) is 11.3 Å². The molecule has 138 valence electrons. The number of carbonyl (C=O) groups excluding carboxylic acids is 1. The van der Waals surface area contributed by atoms with Gasteiger partial charge in [-0.3, -0.25) is 5.43 Å². The van der Waals surface area contributed by atoms with Crippen LogP contribution in [0.4, 0.5) is 0 Å². The van der Waals surface area contributed by atoms with Crippen LogP contribution in [0.5, 0.6) is 0 Å². The van der Waals surface area contributed by atoms with Crippen molar-refractivity contribution in [2.24, 2.45) is 10.8 Å². The molecule has 0 fully saturated rings. The normalized spacial score (nSPS) is 12.2. The van der Waals surface area contributed by atoms with Gasteiger partial charge >= 0.3 is 0 Å². The molecule has 0 saturated carbocycles. The number of carboxylic acids is 1. The van der Waals surface area contributed by atoms with Gasteiger partial charge in [-0.05, 0) is 47.0 Å². The lowest BCUT2D eigenvalue weighted by Gasteiger charge is -2.14. The molecule has 3 aromatic rings. The van der Waals surface area contributed by atoms with Gasteiger partial charge in [0.1, 0.15) is 0 Å². The summed E-state index contributed by atoms with van der Waals surface area (Å²) in [7, 11) is 0. The molecule has 0 bridgehead atoms. The summed E-state index contributed by atoms with van der Waals surface area (Å²) < 4.78 is 0. The zero-order valence-electron chi connectivity index (χ0n) is 14.8. The fourth-order valence-electron chi connectivity index (χ4n) is 3.55. The second kappa shape index (κ2) is 7.25. The number of carbonyl (C=O) groups is 1. The van der Waals surface area contributed by atoms with E-state index in [1.165, 1.54) is 22.8 Å². The van der Waals surface area contributed by atoms with Gasteiger partial charge in [0.2, 0.25) is 0 Å². The molecule has 3 N–H and O–H groups in total. The predicted molar refractivity (Wildman–Crippen MR) is 111 cm³/mol. The van der Waals surface area contributed by atoms with Crippen molar-refractivity contribution in [3.05, 3.63) is 94.5 Å². The monoisotopic (exact) mass is 386 g/mol. The Morgan fingerprint density at radius 3 is 2.39 bits per heavy atom. The molecule has 28 heavy (non-hydrogen) atoms. The molecule has 4 rings (SSSR count). The Kier molecular flexibility index (Phi) is 4.63. The molecule has 0 aromatic heterocycles. The van der Waals surface area contributed by atoms with E-state index >= 15 is 0 Å². The Morgan fingerprint density at radius 2 is 1.64 bits per heavy atom. The first-order chi connectivity index (χ1) is 13.5. The summed E-state index contributed by atoms with van der Waals surface area (Å²) in [6, 6.07) is 20.8. The molecular formula is C22H16N3O2S-. The molecule has 3 aromatic carbocycles. The summed E-state index contributed by atoms with van der Waals surface area (Å²) in [5.74, 6) is -1.27. The van der Waals surface area contributed by atoms with Crippen LogP contribution in [-0.2, 0) is 6.42 Å². The Hall–Kier alpha value is -3.51. The van der Waals surface area contributed by atoms with Gasteiger partial charge < -0.3 is 15.6 Å². The molecule has 0 radical (unpaired) electrons. The summed E-state index contributed by atoms with van der Waals surface area (Å²) in [5, 5.41) is 15.9. The summed E-state index contributed by atoms with van der Waals surface area (Å²) in [4.78, 5) is 11.6. The minimum absolute atomic E-state index is 0.00278. The Bertz CT molecular complexity index is 1140. The number of thiocarbonyl (C=S) groups is 1. The topological polar surface area (TPSA) is 90.5 Å². The highest BCUT2D eigenvalue weighted by molar-refractivity contribution is 7.80. The summed E-state index contributed by atoms with van der Waals surface area (Å²) in [6.07, 6.45) is 0.817. The van der Waals surface area contributed by atoms with E-state index in [-0.39, 0.29) is 10.7 Å². The SMILES string of the molecule is NC(=S)N/N=C(/c1ccc2c(c1)Cc1ccccc1-2)c1ccccc1C(=O)[O-]. The predicted octanol–water partition coefficient (Wildman–Crippen LogP) is 2.21. The van der Waals surface area contributed by atoms with Crippen LogP contribution >= 0.6 is 12.2 Å². The van der Waals surface area contributed by atoms with Crippen molar-refractivity contribution in [2.75, 3.05) is 0 Å². The number of nitrogens with one attached hydrogen (secondary N) is 1. The zero-order valence-corrected chi connectivity index (χ0v) is 15.6. The fourth-order valence-corrected chi connectivity index (χ4v) is 3.60. The van der Waals surface area contributed by atoms with Gasteiger partial charge in [-0.25, -0.2) is 0 Å². The highest BCUT2D eigenvalue weighted by Crippen LogP contribution is 2.37. The van der Waals surface area contributed by atoms with Crippen molar-refractivity contribution in [3.8, 4) is 11.1 Å². The van der Waals surface area contributed by atoms with E-state index in [4.69, 9.17) is 18.0 Å². The maximum Gasteiger partial charge on any atom is 0.184 e. The standard InChI is InChI=1S/C22H17N3O2S/c23-22(28)25-24-20(18-7-3-4-8-19(18)21(26)27)14-9-10-17-15(12-14)11-13-5-1-2-6-16(13)17/h1-10,12H,11H2,(H,26,27)(H3,23,25,28)/p-1/b24-20-. The maximum absolute atomic E-state index is 11.6. The van der Waals surface area contributed by atoms with Crippen LogP contribution in [0.15, 0.2) is 71.8 Å². The van der Waals surface area contributed by atoms with Crippen molar-refractivity contribution in [2.45, 2.75) is 6.42 Å². The van der Waals surface area contributed by atoms with Crippen LogP contribution in [0.1, 0.15) is 32.6 Å². The summed E-state index contributed by atoms with van der Waals surface area (Å²) in [5.41, 5.74) is 14.6. The molecule has 0 saturated heterocycles. The highest BCUT2D eigenvalue weighted by Gasteiger charge is 2.20. The third kappa shape index (κ3) is 3.25. The first kappa shape index (κ1) is 17.9. The van der Waals surface area contributed by atoms with Crippen LogP contribution in [0, 0.1) is 0 Å². The number of hydrazone groups is 1. The number of benzene rings is 3. The number of aromatic carboxylic acids is 1. The number of carboxylic acid groups (broad SMARTS) is 1. The van der Waals surface area contributed by atoms with E-state index in [9.17, 15) is 9.90 Å². The smallest absolute Gasteiger partial charge is 0.184 e. The Morgan fingerprint density at radius 1 is 0.964 bits per heavy atom. The van der Waals surface area contributed by atoms with E-state index in [0.717, 1.165) is 17.5 Å². The first-order valence-corrected chi connectivity index (χ1v) is 9.11. The van der Waals surface area contributed by atoms with E-state index in [1.54, 1.807) is 18.2 Å². The molecule has 1 aliphatic rings. The van der Waals surface area contributed by atoms with Gasteiger partial charge in [0.15, 0.2) is 5.11 Å². The zero-order chi connectivity index (χ0) is 19.7. The second-order valence-electron chi connectivity index (χ2n) is 6.48. The van der Waals surface area contributed by atoms with Crippen molar-refractivity contribution in [1.29, 1.82) is 0 Å². The molecular weight excluding hydrogens is 370 g/mol. The molecule has 0 spiro atoms. The third-order valence-electron chi connectivity index (χ3n) is 4.75. The van der Waals surface area contributed by atoms with Crippen LogP contribution < -0.4 is 16.3 Å². The number of nitrogens with zero attached hydrogens (tertiary/aromatic N) is 1. The Labute approximate surface area is 167 Å². The lowest BCUT2D eigenvalue weighted by atomic mass is 9.95. The number of rotatable bonds is 4. The van der Waals surface area contributed by atoms with Crippen LogP contribution in [0.2, 0.25) is 0 Å². The van der Waals surface area contributed by atoms with E-state index < -0.39 is 5.97 Å². The van der Waals surface area contributed by atoms with Crippen molar-refractivity contribution in [1.82, 2.24) is 5.43 Å². The van der Waals surface area contributed by atoms with E-state index in [2.05, 4.69) is 22.7 Å². The Balaban J connectivity index is 1.84. The largest absolute Gasteiger partial charge is 0.545 e. The van der Waals surface area contributed by atoms with Gasteiger partial charge in [0.25, 0.3) is 0 Å². The molecule has 1 aliphatic carbocycles. The molecule has 0 amide bonds. The molecule has 5 nitrogen and oxygen atoms in total.